The van der Waals surface area contributed by atoms with Crippen LogP contribution in [0.1, 0.15) is 72.2 Å². The van der Waals surface area contributed by atoms with E-state index in [-0.39, 0.29) is 59.5 Å². The molecule has 2 N–H and O–H groups in total. The minimum atomic E-state index is -1.71. The predicted molar refractivity (Wildman–Crippen MR) is 371 cm³/mol. The summed E-state index contributed by atoms with van der Waals surface area (Å²) in [5, 5.41) is 25.4. The van der Waals surface area contributed by atoms with E-state index in [0.29, 0.717) is 0 Å². The fourth-order valence-corrected chi connectivity index (χ4v) is 13.2. The van der Waals surface area contributed by atoms with Crippen LogP contribution in [0.15, 0.2) is 243 Å². The molecule has 20 atom stereocenters. The fourth-order valence-electron chi connectivity index (χ4n) is 13.2. The smallest absolute Gasteiger partial charge is 0.303 e. The molecule has 4 fully saturated rings. The van der Waals surface area contributed by atoms with Crippen LogP contribution in [-0.2, 0) is 133 Å². The number of ether oxygens (including phenoxy) is 16. The van der Waals surface area contributed by atoms with Crippen molar-refractivity contribution in [2.24, 2.45) is 0 Å². The van der Waals surface area contributed by atoms with Gasteiger partial charge in [0, 0.05) is 6.92 Å². The molecule has 534 valence electrons. The van der Waals surface area contributed by atoms with Crippen LogP contribution in [0, 0.1) is 0 Å². The Labute approximate surface area is 591 Å². The van der Waals surface area contributed by atoms with Crippen molar-refractivity contribution in [3.05, 3.63) is 287 Å². The maximum absolute atomic E-state index is 13.7. The van der Waals surface area contributed by atoms with E-state index in [1.807, 2.05) is 257 Å². The summed E-state index contributed by atoms with van der Waals surface area (Å²) in [4.78, 5) is 13.1. The molecule has 0 spiro atoms. The third-order valence-electron chi connectivity index (χ3n) is 18.4. The molecule has 19 nitrogen and oxygen atoms in total. The van der Waals surface area contributed by atoms with Crippen LogP contribution in [0.25, 0.3) is 0 Å². The largest absolute Gasteiger partial charge is 0.454 e. The zero-order valence-corrected chi connectivity index (χ0v) is 57.3. The van der Waals surface area contributed by atoms with Crippen molar-refractivity contribution in [1.29, 1.82) is 0 Å². The molecule has 0 bridgehead atoms. The molecule has 4 aliphatic rings. The molecule has 0 aliphatic carbocycles. The lowest BCUT2D eigenvalue weighted by Crippen LogP contribution is -2.68. The molecular weight excluding hydrogens is 1290 g/mol. The lowest BCUT2D eigenvalue weighted by molar-refractivity contribution is -0.401. The minimum absolute atomic E-state index is 0.0238. The van der Waals surface area contributed by atoms with Crippen LogP contribution in [0.3, 0.4) is 0 Å². The minimum Gasteiger partial charge on any atom is -0.454 e. The van der Waals surface area contributed by atoms with Crippen LogP contribution in [-0.4, -0.2) is 146 Å². The summed E-state index contributed by atoms with van der Waals surface area (Å²) in [7, 11) is 0. The van der Waals surface area contributed by atoms with Gasteiger partial charge in [0.2, 0.25) is 0 Å². The molecule has 0 amide bonds. The fraction of sp³-hybridized carbons (Fsp3) is 0.402. The second-order valence-corrected chi connectivity index (χ2v) is 25.9. The van der Waals surface area contributed by atoms with E-state index in [2.05, 4.69) is 0 Å². The quantitative estimate of drug-likeness (QED) is 0.0376. The SMILES string of the molecule is CC(=O)O[C@@H]1[C@H](O[C@@H]2O[C@@H](C)[C@H](OCc3ccccc3)[C@@H](OCc3ccccc3)[C@H]2O[C@@H]2O[C@@H](C)[C@H](OCc3ccccc3)[C@@H](O[C@H]3O[C@H](COCc4ccccc4)[C@@H](OCc4ccccc4)[C@H](OCc4ccccc4)[C@H]3OCc3ccccc3)[C@H]2O)[C@@H](OCc2ccccc2)[C@H](C)O[C@H]1O. The highest BCUT2D eigenvalue weighted by atomic mass is 16.8. The molecular formula is C82H92O19. The van der Waals surface area contributed by atoms with E-state index >= 15 is 0 Å². The second-order valence-electron chi connectivity index (χ2n) is 25.9. The summed E-state index contributed by atoms with van der Waals surface area (Å²) in [6.45, 7) is 7.79. The molecule has 8 aromatic carbocycles. The summed E-state index contributed by atoms with van der Waals surface area (Å²) in [5.41, 5.74) is 7.07. The Morgan fingerprint density at radius 3 is 0.990 bits per heavy atom. The Morgan fingerprint density at radius 1 is 0.307 bits per heavy atom. The van der Waals surface area contributed by atoms with Gasteiger partial charge in [-0.1, -0.05) is 243 Å². The van der Waals surface area contributed by atoms with E-state index in [0.717, 1.165) is 44.5 Å². The van der Waals surface area contributed by atoms with Crippen molar-refractivity contribution >= 4 is 5.97 Å². The van der Waals surface area contributed by atoms with E-state index in [1.165, 1.54) is 6.92 Å². The van der Waals surface area contributed by atoms with Gasteiger partial charge in [-0.15, -0.1) is 0 Å². The van der Waals surface area contributed by atoms with Gasteiger partial charge in [-0.2, -0.15) is 0 Å². The van der Waals surface area contributed by atoms with Crippen LogP contribution >= 0.6 is 0 Å². The maximum atomic E-state index is 13.7. The first-order valence-electron chi connectivity index (χ1n) is 34.8. The average Bonchev–Trinajstić information content (AvgIpc) is 0.768. The summed E-state index contributed by atoms with van der Waals surface area (Å²) in [6.07, 6.45) is -23.3. The van der Waals surface area contributed by atoms with Crippen molar-refractivity contribution in [3.63, 3.8) is 0 Å². The summed E-state index contributed by atoms with van der Waals surface area (Å²) in [5.74, 6) is -0.709. The van der Waals surface area contributed by atoms with Gasteiger partial charge in [-0.3, -0.25) is 4.79 Å². The molecule has 12 rings (SSSR count). The van der Waals surface area contributed by atoms with Crippen molar-refractivity contribution in [3.8, 4) is 0 Å². The molecule has 19 heteroatoms. The standard InChI is InChI=1S/C82H92O19/c1-54-70(89-48-61-35-19-8-20-36-61)75(76(79(85)94-54)97-57(4)83)100-82-78(73(91-50-63-39-23-10-24-40-63)69(56(3)96-82)88-47-60-33-17-7-18-34-60)101-80-67(84)72(68(55(2)95-80)87-46-59-31-15-6-16-32-59)99-81-77(93-52-65-43-27-12-28-44-65)74(92-51-64-41-25-11-26-42-64)71(90-49-62-37-21-9-22-38-62)66(98-81)53-86-45-58-29-13-5-14-30-58/h5-44,54-56,66-82,84-85H,45-53H2,1-4H3/t54-,55-,56-,66+,67+,68-,69-,70-,71+,72-,73+,74-,75+,76+,77+,78+,79+,80-,81+,82-/m0/s1. The first-order chi connectivity index (χ1) is 49.5. The van der Waals surface area contributed by atoms with Gasteiger partial charge in [0.1, 0.15) is 73.2 Å². The van der Waals surface area contributed by atoms with Crippen molar-refractivity contribution in [2.45, 2.75) is 203 Å². The van der Waals surface area contributed by atoms with Crippen LogP contribution in [0.5, 0.6) is 0 Å². The van der Waals surface area contributed by atoms with Gasteiger partial charge in [0.25, 0.3) is 0 Å². The maximum Gasteiger partial charge on any atom is 0.303 e. The normalized spacial score (nSPS) is 29.8. The van der Waals surface area contributed by atoms with E-state index in [9.17, 15) is 15.0 Å². The topological polar surface area (TPSA) is 205 Å². The second kappa shape index (κ2) is 37.1. The lowest BCUT2D eigenvalue weighted by atomic mass is 9.95. The van der Waals surface area contributed by atoms with Crippen LogP contribution < -0.4 is 0 Å². The number of carbonyl (C=O) groups excluding carboxylic acids is 1. The first-order valence-corrected chi connectivity index (χ1v) is 34.8. The van der Waals surface area contributed by atoms with Crippen molar-refractivity contribution in [1.82, 2.24) is 0 Å². The molecule has 4 heterocycles. The number of hydrogen-bond donors (Lipinski definition) is 2. The number of aliphatic hydroxyl groups is 2. The molecule has 4 saturated heterocycles. The number of aliphatic hydroxyl groups excluding tert-OH is 2. The van der Waals surface area contributed by atoms with Crippen molar-refractivity contribution < 1.29 is 90.8 Å². The third kappa shape index (κ3) is 20.3. The Morgan fingerprint density at radius 2 is 0.594 bits per heavy atom. The van der Waals surface area contributed by atoms with E-state index in [1.54, 1.807) is 6.92 Å². The molecule has 0 saturated carbocycles. The Bertz CT molecular complexity index is 3650. The zero-order valence-electron chi connectivity index (χ0n) is 57.3. The lowest BCUT2D eigenvalue weighted by Gasteiger charge is -2.51. The van der Waals surface area contributed by atoms with Gasteiger partial charge in [0.05, 0.1) is 77.8 Å². The average molecular weight is 1380 g/mol. The number of rotatable bonds is 32. The highest BCUT2D eigenvalue weighted by Gasteiger charge is 2.58. The third-order valence-corrected chi connectivity index (χ3v) is 18.4. The Balaban J connectivity index is 0.941. The van der Waals surface area contributed by atoms with Gasteiger partial charge in [-0.05, 0) is 65.3 Å². The van der Waals surface area contributed by atoms with Crippen LogP contribution in [0.4, 0.5) is 0 Å². The summed E-state index contributed by atoms with van der Waals surface area (Å²) < 4.78 is 111. The zero-order chi connectivity index (χ0) is 69.7. The monoisotopic (exact) mass is 1380 g/mol. The number of benzene rings is 8. The first kappa shape index (κ1) is 73.3. The van der Waals surface area contributed by atoms with Gasteiger partial charge in [-0.25, -0.2) is 0 Å². The Hall–Kier alpha value is -7.45. The van der Waals surface area contributed by atoms with Crippen LogP contribution in [0.2, 0.25) is 0 Å². The molecule has 101 heavy (non-hydrogen) atoms. The van der Waals surface area contributed by atoms with Gasteiger partial charge >= 0.3 is 5.97 Å². The van der Waals surface area contributed by atoms with Crippen molar-refractivity contribution in [2.75, 3.05) is 6.61 Å². The molecule has 8 aromatic rings. The van der Waals surface area contributed by atoms with E-state index in [4.69, 9.17) is 75.8 Å². The highest BCUT2D eigenvalue weighted by Crippen LogP contribution is 2.40. The highest BCUT2D eigenvalue weighted by molar-refractivity contribution is 5.66. The number of hydrogen-bond acceptors (Lipinski definition) is 19. The Kier molecular flexibility index (Phi) is 26.9. The van der Waals surface area contributed by atoms with Gasteiger partial charge < -0.3 is 86.0 Å². The summed E-state index contributed by atoms with van der Waals surface area (Å²) >= 11 is 0. The summed E-state index contributed by atoms with van der Waals surface area (Å²) in [6, 6.07) is 78.0. The molecule has 4 aliphatic heterocycles. The van der Waals surface area contributed by atoms with Gasteiger partial charge in [0.15, 0.2) is 31.3 Å². The number of carbonyl (C=O) groups is 1. The predicted octanol–water partition coefficient (Wildman–Crippen LogP) is 11.7. The number of esters is 1. The molecule has 0 radical (unpaired) electrons. The molecule has 0 aromatic heterocycles. The van der Waals surface area contributed by atoms with E-state index < -0.39 is 129 Å². The molecule has 0 unspecified atom stereocenters.